The zero-order chi connectivity index (χ0) is 12.6. The van der Waals surface area contributed by atoms with Crippen LogP contribution in [0.4, 0.5) is 0 Å². The molecule has 1 heterocycles. The number of hydrogen-bond acceptors (Lipinski definition) is 2. The van der Waals surface area contributed by atoms with Gasteiger partial charge in [-0.1, -0.05) is 25.1 Å². The molecular weight excluding hydrogens is 212 g/mol. The van der Waals surface area contributed by atoms with E-state index in [2.05, 4.69) is 44.3 Å². The fraction of sp³-hybridized carbons (Fsp3) is 0.500. The third-order valence-electron chi connectivity index (χ3n) is 4.12. The predicted molar refractivity (Wildman–Crippen MR) is 68.8 cm³/mol. The van der Waals surface area contributed by atoms with E-state index in [1.54, 1.807) is 0 Å². The van der Waals surface area contributed by atoms with Gasteiger partial charge in [-0.2, -0.15) is 0 Å². The molecule has 3 nitrogen and oxygen atoms in total. The normalized spacial score (nSPS) is 28.3. The van der Waals surface area contributed by atoms with Crippen LogP contribution in [0.15, 0.2) is 18.2 Å². The summed E-state index contributed by atoms with van der Waals surface area (Å²) >= 11 is 0. The first-order chi connectivity index (χ1) is 7.95. The van der Waals surface area contributed by atoms with Crippen molar-refractivity contribution in [3.8, 4) is 0 Å². The van der Waals surface area contributed by atoms with Gasteiger partial charge in [0.05, 0.1) is 5.92 Å². The third-order valence-corrected chi connectivity index (χ3v) is 4.12. The number of rotatable bonds is 2. The van der Waals surface area contributed by atoms with Gasteiger partial charge < -0.3 is 11.1 Å². The molecule has 1 aliphatic heterocycles. The number of nitrogens with two attached hydrogens (primary N) is 1. The Labute approximate surface area is 102 Å². The van der Waals surface area contributed by atoms with Gasteiger partial charge in [0.1, 0.15) is 0 Å². The Bertz CT molecular complexity index is 456. The predicted octanol–water partition coefficient (Wildman–Crippen LogP) is 1.27. The number of primary amides is 1. The SMILES string of the molecule is Cc1ccc(C2(C)CNCC2C(N)=O)cc1C. The van der Waals surface area contributed by atoms with Crippen molar-refractivity contribution < 1.29 is 4.79 Å². The monoisotopic (exact) mass is 232 g/mol. The summed E-state index contributed by atoms with van der Waals surface area (Å²) in [5, 5.41) is 3.28. The summed E-state index contributed by atoms with van der Waals surface area (Å²) in [5.74, 6) is -0.333. The van der Waals surface area contributed by atoms with Gasteiger partial charge in [-0.15, -0.1) is 0 Å². The highest BCUT2D eigenvalue weighted by Gasteiger charge is 2.43. The largest absolute Gasteiger partial charge is 0.369 e. The van der Waals surface area contributed by atoms with Crippen molar-refractivity contribution in [1.29, 1.82) is 0 Å². The highest BCUT2D eigenvalue weighted by molar-refractivity contribution is 5.79. The van der Waals surface area contributed by atoms with Crippen LogP contribution in [-0.4, -0.2) is 19.0 Å². The molecule has 0 bridgehead atoms. The van der Waals surface area contributed by atoms with Gasteiger partial charge in [0.2, 0.25) is 5.91 Å². The van der Waals surface area contributed by atoms with Gasteiger partial charge in [0.15, 0.2) is 0 Å². The lowest BCUT2D eigenvalue weighted by atomic mass is 9.73. The van der Waals surface area contributed by atoms with Crippen LogP contribution in [0.2, 0.25) is 0 Å². The first-order valence-electron chi connectivity index (χ1n) is 6.03. The van der Waals surface area contributed by atoms with Gasteiger partial charge in [-0.05, 0) is 30.5 Å². The van der Waals surface area contributed by atoms with E-state index in [-0.39, 0.29) is 17.2 Å². The number of benzene rings is 1. The van der Waals surface area contributed by atoms with Crippen LogP contribution in [0.3, 0.4) is 0 Å². The van der Waals surface area contributed by atoms with Crippen molar-refractivity contribution in [1.82, 2.24) is 5.32 Å². The molecule has 2 unspecified atom stereocenters. The Balaban J connectivity index is 2.43. The fourth-order valence-corrected chi connectivity index (χ4v) is 2.64. The number of hydrogen-bond donors (Lipinski definition) is 2. The van der Waals surface area contributed by atoms with E-state index in [0.717, 1.165) is 6.54 Å². The van der Waals surface area contributed by atoms with Crippen LogP contribution in [0.1, 0.15) is 23.6 Å². The summed E-state index contributed by atoms with van der Waals surface area (Å²) in [7, 11) is 0. The zero-order valence-electron chi connectivity index (χ0n) is 10.7. The Hall–Kier alpha value is -1.35. The lowest BCUT2D eigenvalue weighted by molar-refractivity contribution is -0.122. The van der Waals surface area contributed by atoms with Gasteiger partial charge in [-0.3, -0.25) is 4.79 Å². The molecule has 3 N–H and O–H groups in total. The molecule has 17 heavy (non-hydrogen) atoms. The van der Waals surface area contributed by atoms with Crippen LogP contribution < -0.4 is 11.1 Å². The van der Waals surface area contributed by atoms with Crippen LogP contribution in [0, 0.1) is 19.8 Å². The van der Waals surface area contributed by atoms with E-state index in [9.17, 15) is 4.79 Å². The summed E-state index contributed by atoms with van der Waals surface area (Å²) in [4.78, 5) is 11.5. The second-order valence-electron chi connectivity index (χ2n) is 5.30. The molecule has 1 amide bonds. The van der Waals surface area contributed by atoms with Crippen LogP contribution in [-0.2, 0) is 10.2 Å². The molecule has 92 valence electrons. The van der Waals surface area contributed by atoms with Crippen molar-refractivity contribution in [3.63, 3.8) is 0 Å². The van der Waals surface area contributed by atoms with Crippen LogP contribution in [0.25, 0.3) is 0 Å². The Morgan fingerprint density at radius 3 is 2.71 bits per heavy atom. The summed E-state index contributed by atoms with van der Waals surface area (Å²) in [6, 6.07) is 6.41. The number of nitrogens with one attached hydrogen (secondary N) is 1. The molecule has 0 radical (unpaired) electrons. The average Bonchev–Trinajstić information content (AvgIpc) is 2.65. The molecule has 0 saturated carbocycles. The summed E-state index contributed by atoms with van der Waals surface area (Å²) in [5.41, 5.74) is 9.07. The lowest BCUT2D eigenvalue weighted by Crippen LogP contribution is -2.39. The maximum absolute atomic E-state index is 11.5. The quantitative estimate of drug-likeness (QED) is 0.806. The first-order valence-corrected chi connectivity index (χ1v) is 6.03. The molecule has 2 rings (SSSR count). The number of amides is 1. The maximum atomic E-state index is 11.5. The maximum Gasteiger partial charge on any atom is 0.222 e. The van der Waals surface area contributed by atoms with Crippen molar-refractivity contribution >= 4 is 5.91 Å². The van der Waals surface area contributed by atoms with Crippen LogP contribution >= 0.6 is 0 Å². The van der Waals surface area contributed by atoms with E-state index in [1.165, 1.54) is 16.7 Å². The van der Waals surface area contributed by atoms with Gasteiger partial charge in [0.25, 0.3) is 0 Å². The Kier molecular flexibility index (Phi) is 2.96. The molecule has 0 aromatic heterocycles. The van der Waals surface area contributed by atoms with Gasteiger partial charge >= 0.3 is 0 Å². The highest BCUT2D eigenvalue weighted by Crippen LogP contribution is 2.35. The fourth-order valence-electron chi connectivity index (χ4n) is 2.64. The van der Waals surface area contributed by atoms with Crippen molar-refractivity contribution in [2.45, 2.75) is 26.2 Å². The van der Waals surface area contributed by atoms with Crippen molar-refractivity contribution in [3.05, 3.63) is 34.9 Å². The smallest absolute Gasteiger partial charge is 0.222 e. The number of carbonyl (C=O) groups is 1. The Morgan fingerprint density at radius 1 is 1.41 bits per heavy atom. The number of aryl methyl sites for hydroxylation is 2. The summed E-state index contributed by atoms with van der Waals surface area (Å²) in [6.45, 7) is 7.80. The molecule has 0 spiro atoms. The van der Waals surface area contributed by atoms with Gasteiger partial charge in [-0.25, -0.2) is 0 Å². The van der Waals surface area contributed by atoms with Crippen molar-refractivity contribution in [2.75, 3.05) is 13.1 Å². The minimum atomic E-state index is -0.212. The summed E-state index contributed by atoms with van der Waals surface area (Å²) < 4.78 is 0. The molecule has 3 heteroatoms. The second-order valence-corrected chi connectivity index (χ2v) is 5.30. The molecule has 0 aliphatic carbocycles. The second kappa shape index (κ2) is 4.15. The molecule has 2 atom stereocenters. The molecule has 1 saturated heterocycles. The zero-order valence-corrected chi connectivity index (χ0v) is 10.7. The molecule has 1 aromatic carbocycles. The minimum Gasteiger partial charge on any atom is -0.369 e. The lowest BCUT2D eigenvalue weighted by Gasteiger charge is -2.29. The standard InChI is InChI=1S/C14H20N2O/c1-9-4-5-11(6-10(9)2)14(3)8-16-7-12(14)13(15)17/h4-6,12,16H,7-8H2,1-3H3,(H2,15,17). The molecule has 1 fully saturated rings. The molecule has 1 aliphatic rings. The van der Waals surface area contributed by atoms with E-state index >= 15 is 0 Å². The topological polar surface area (TPSA) is 55.1 Å². The van der Waals surface area contributed by atoms with Gasteiger partial charge in [0, 0.05) is 18.5 Å². The average molecular weight is 232 g/mol. The van der Waals surface area contributed by atoms with Crippen molar-refractivity contribution in [2.24, 2.45) is 11.7 Å². The van der Waals surface area contributed by atoms with Crippen LogP contribution in [0.5, 0.6) is 0 Å². The highest BCUT2D eigenvalue weighted by atomic mass is 16.1. The van der Waals surface area contributed by atoms with E-state index in [1.807, 2.05) is 0 Å². The first kappa shape index (κ1) is 12.1. The number of carbonyl (C=O) groups excluding carboxylic acids is 1. The van der Waals surface area contributed by atoms with E-state index < -0.39 is 0 Å². The van der Waals surface area contributed by atoms with E-state index in [4.69, 9.17) is 5.73 Å². The molecular formula is C14H20N2O. The minimum absolute atomic E-state index is 0.121. The third kappa shape index (κ3) is 1.95. The summed E-state index contributed by atoms with van der Waals surface area (Å²) in [6.07, 6.45) is 0. The van der Waals surface area contributed by atoms with E-state index in [0.29, 0.717) is 6.54 Å². The Morgan fingerprint density at radius 2 is 2.12 bits per heavy atom. The molecule has 1 aromatic rings.